The zero-order chi connectivity index (χ0) is 23.7. The molecule has 1 saturated heterocycles. The third kappa shape index (κ3) is 3.91. The van der Waals surface area contributed by atoms with Crippen LogP contribution in [0.15, 0.2) is 60.4 Å². The Hall–Kier alpha value is -4.53. The van der Waals surface area contributed by atoms with Crippen molar-refractivity contribution in [1.82, 2.24) is 14.9 Å². The number of esters is 1. The van der Waals surface area contributed by atoms with E-state index in [9.17, 15) is 19.2 Å². The van der Waals surface area contributed by atoms with E-state index in [1.165, 1.54) is 25.6 Å². The minimum Gasteiger partial charge on any atom is -0.465 e. The number of hydrogen-bond donors (Lipinski definition) is 1. The largest absolute Gasteiger partial charge is 0.465 e. The second-order valence-electron chi connectivity index (χ2n) is 7.37. The van der Waals surface area contributed by atoms with E-state index < -0.39 is 23.8 Å². The summed E-state index contributed by atoms with van der Waals surface area (Å²) in [6.07, 6.45) is 4.34. The van der Waals surface area contributed by atoms with Gasteiger partial charge >= 0.3 is 12.0 Å². The van der Waals surface area contributed by atoms with Gasteiger partial charge in [0.1, 0.15) is 5.57 Å². The number of benzene rings is 1. The van der Waals surface area contributed by atoms with Crippen molar-refractivity contribution >= 4 is 35.6 Å². The lowest BCUT2D eigenvalue weighted by atomic mass is 10.1. The molecule has 2 aromatic heterocycles. The highest BCUT2D eigenvalue weighted by atomic mass is 16.5. The first-order valence-electron chi connectivity index (χ1n) is 10.0. The number of barbiturate groups is 1. The van der Waals surface area contributed by atoms with Gasteiger partial charge in [0.15, 0.2) is 0 Å². The van der Waals surface area contributed by atoms with Gasteiger partial charge in [-0.05, 0) is 61.9 Å². The van der Waals surface area contributed by atoms with Gasteiger partial charge in [0.25, 0.3) is 11.8 Å². The summed E-state index contributed by atoms with van der Waals surface area (Å²) in [7, 11) is 1.32. The molecule has 0 bridgehead atoms. The monoisotopic (exact) mass is 444 g/mol. The van der Waals surface area contributed by atoms with Crippen LogP contribution >= 0.6 is 0 Å². The first-order chi connectivity index (χ1) is 15.8. The van der Waals surface area contributed by atoms with Crippen molar-refractivity contribution in [3.63, 3.8) is 0 Å². The number of aromatic nitrogens is 2. The maximum atomic E-state index is 13.1. The molecular weight excluding hydrogens is 424 g/mol. The third-order valence-corrected chi connectivity index (χ3v) is 5.30. The highest BCUT2D eigenvalue weighted by molar-refractivity contribution is 6.39. The average Bonchev–Trinajstić information content (AvgIpc) is 3.09. The summed E-state index contributed by atoms with van der Waals surface area (Å²) in [5.41, 5.74) is 3.39. The molecule has 33 heavy (non-hydrogen) atoms. The first-order valence-corrected chi connectivity index (χ1v) is 10.0. The lowest BCUT2D eigenvalue weighted by molar-refractivity contribution is -0.122. The van der Waals surface area contributed by atoms with Crippen LogP contribution in [0.3, 0.4) is 0 Å². The van der Waals surface area contributed by atoms with Gasteiger partial charge in [0.05, 0.1) is 24.6 Å². The standard InChI is InChI=1S/C24H20N4O5/c1-14-10-17(15(2)27(14)18-7-4-6-16(11-18)23(31)33-3)12-20-21(29)26-24(32)28(22(20)30)19-8-5-9-25-13-19/h4-13H,1-3H3,(H,26,29,32)/b20-12+. The summed E-state index contributed by atoms with van der Waals surface area (Å²) < 4.78 is 6.69. The highest BCUT2D eigenvalue weighted by Crippen LogP contribution is 2.26. The average molecular weight is 444 g/mol. The summed E-state index contributed by atoms with van der Waals surface area (Å²) in [4.78, 5) is 54.6. The fraction of sp³-hybridized carbons (Fsp3) is 0.125. The molecule has 0 spiro atoms. The minimum absolute atomic E-state index is 0.179. The molecule has 9 nitrogen and oxygen atoms in total. The van der Waals surface area contributed by atoms with Gasteiger partial charge in [0, 0.05) is 23.3 Å². The lowest BCUT2D eigenvalue weighted by Gasteiger charge is -2.26. The van der Waals surface area contributed by atoms with Crippen molar-refractivity contribution in [2.45, 2.75) is 13.8 Å². The van der Waals surface area contributed by atoms with Crippen LogP contribution in [0, 0.1) is 13.8 Å². The molecule has 0 unspecified atom stereocenters. The van der Waals surface area contributed by atoms with Gasteiger partial charge in [0.2, 0.25) is 0 Å². The molecule has 3 aromatic rings. The van der Waals surface area contributed by atoms with Gasteiger partial charge in [-0.25, -0.2) is 14.5 Å². The van der Waals surface area contributed by atoms with Crippen LogP contribution in [0.2, 0.25) is 0 Å². The summed E-state index contributed by atoms with van der Waals surface area (Å²) in [5.74, 6) is -1.97. The van der Waals surface area contributed by atoms with E-state index in [0.717, 1.165) is 22.0 Å². The topological polar surface area (TPSA) is 111 Å². The van der Waals surface area contributed by atoms with Crippen molar-refractivity contribution in [3.8, 4) is 5.69 Å². The molecule has 0 saturated carbocycles. The zero-order valence-corrected chi connectivity index (χ0v) is 18.2. The first kappa shape index (κ1) is 21.7. The predicted molar refractivity (Wildman–Crippen MR) is 120 cm³/mol. The Labute approximate surface area is 189 Å². The maximum absolute atomic E-state index is 13.1. The molecule has 0 aliphatic carbocycles. The van der Waals surface area contributed by atoms with Gasteiger partial charge in [-0.15, -0.1) is 0 Å². The van der Waals surface area contributed by atoms with Gasteiger partial charge < -0.3 is 9.30 Å². The van der Waals surface area contributed by atoms with Crippen molar-refractivity contribution in [3.05, 3.63) is 82.9 Å². The SMILES string of the molecule is COC(=O)c1cccc(-n2c(C)cc(/C=C3\C(=O)NC(=O)N(c4cccnc4)C3=O)c2C)c1. The Morgan fingerprint density at radius 1 is 1.06 bits per heavy atom. The minimum atomic E-state index is -0.833. The van der Waals surface area contributed by atoms with Crippen molar-refractivity contribution in [1.29, 1.82) is 0 Å². The molecule has 4 amide bonds. The van der Waals surface area contributed by atoms with E-state index in [0.29, 0.717) is 11.1 Å². The third-order valence-electron chi connectivity index (χ3n) is 5.30. The number of methoxy groups -OCH3 is 1. The number of imide groups is 2. The number of pyridine rings is 1. The molecule has 3 heterocycles. The highest BCUT2D eigenvalue weighted by Gasteiger charge is 2.37. The number of aryl methyl sites for hydroxylation is 1. The number of rotatable bonds is 4. The Morgan fingerprint density at radius 3 is 2.52 bits per heavy atom. The van der Waals surface area contributed by atoms with Gasteiger partial charge in [-0.2, -0.15) is 0 Å². The summed E-state index contributed by atoms with van der Waals surface area (Å²) in [6, 6.07) is 11.1. The molecule has 0 atom stereocenters. The van der Waals surface area contributed by atoms with Crippen LogP contribution in [0.4, 0.5) is 10.5 Å². The number of anilines is 1. The van der Waals surface area contributed by atoms with Crippen LogP contribution in [0.5, 0.6) is 0 Å². The molecule has 1 aliphatic heterocycles. The fourth-order valence-electron chi connectivity index (χ4n) is 3.75. The number of carbonyl (C=O) groups excluding carboxylic acids is 4. The van der Waals surface area contributed by atoms with Gasteiger partial charge in [-0.3, -0.25) is 19.9 Å². The van der Waals surface area contributed by atoms with E-state index in [1.807, 2.05) is 30.5 Å². The lowest BCUT2D eigenvalue weighted by Crippen LogP contribution is -2.54. The van der Waals surface area contributed by atoms with Crippen LogP contribution in [0.25, 0.3) is 11.8 Å². The van der Waals surface area contributed by atoms with Crippen molar-refractivity contribution < 1.29 is 23.9 Å². The number of hydrogen-bond acceptors (Lipinski definition) is 6. The maximum Gasteiger partial charge on any atom is 0.337 e. The van der Waals surface area contributed by atoms with E-state index >= 15 is 0 Å². The summed E-state index contributed by atoms with van der Waals surface area (Å²) in [5, 5.41) is 2.20. The molecule has 1 fully saturated rings. The van der Waals surface area contributed by atoms with E-state index in [2.05, 4.69) is 10.3 Å². The van der Waals surface area contributed by atoms with Gasteiger partial charge in [-0.1, -0.05) is 6.07 Å². The predicted octanol–water partition coefficient (Wildman–Crippen LogP) is 2.94. The molecule has 0 radical (unpaired) electrons. The molecule has 4 rings (SSSR count). The van der Waals surface area contributed by atoms with Crippen LogP contribution in [-0.4, -0.2) is 40.5 Å². The summed E-state index contributed by atoms with van der Waals surface area (Å²) in [6.45, 7) is 3.70. The number of nitrogens with zero attached hydrogens (tertiary/aromatic N) is 3. The Morgan fingerprint density at radius 2 is 1.82 bits per heavy atom. The van der Waals surface area contributed by atoms with E-state index in [-0.39, 0.29) is 11.3 Å². The number of ether oxygens (including phenoxy) is 1. The number of nitrogens with one attached hydrogen (secondary N) is 1. The Balaban J connectivity index is 1.76. The second-order valence-corrected chi connectivity index (χ2v) is 7.37. The van der Waals surface area contributed by atoms with E-state index in [4.69, 9.17) is 4.74 Å². The number of urea groups is 1. The zero-order valence-electron chi connectivity index (χ0n) is 18.2. The van der Waals surface area contributed by atoms with Crippen LogP contribution in [0.1, 0.15) is 27.3 Å². The van der Waals surface area contributed by atoms with Crippen molar-refractivity contribution in [2.24, 2.45) is 0 Å². The molecule has 1 aromatic carbocycles. The second kappa shape index (κ2) is 8.54. The Bertz CT molecular complexity index is 1320. The molecular formula is C24H20N4O5. The molecule has 166 valence electrons. The molecule has 1 N–H and O–H groups in total. The molecule has 9 heteroatoms. The van der Waals surface area contributed by atoms with Crippen LogP contribution in [-0.2, 0) is 14.3 Å². The number of amides is 4. The van der Waals surface area contributed by atoms with Crippen LogP contribution < -0.4 is 10.2 Å². The molecule has 1 aliphatic rings. The fourth-order valence-corrected chi connectivity index (χ4v) is 3.75. The normalized spacial score (nSPS) is 15.1. The van der Waals surface area contributed by atoms with Crippen molar-refractivity contribution in [2.75, 3.05) is 12.0 Å². The quantitative estimate of drug-likeness (QED) is 0.376. The Kier molecular flexibility index (Phi) is 5.61. The van der Waals surface area contributed by atoms with E-state index in [1.54, 1.807) is 30.3 Å². The smallest absolute Gasteiger partial charge is 0.337 e. The summed E-state index contributed by atoms with van der Waals surface area (Å²) >= 11 is 0. The number of carbonyl (C=O) groups is 4.